The lowest BCUT2D eigenvalue weighted by atomic mass is 9.86. The molecule has 2 heterocycles. The third-order valence-corrected chi connectivity index (χ3v) is 5.51. The number of nitrogens with zero attached hydrogens (tertiary/aromatic N) is 3. The van der Waals surface area contributed by atoms with Gasteiger partial charge in [-0.3, -0.25) is 9.69 Å². The first kappa shape index (κ1) is 18.9. The number of hydrogen-bond acceptors (Lipinski definition) is 4. The second-order valence-corrected chi connectivity index (χ2v) is 7.57. The van der Waals surface area contributed by atoms with E-state index in [9.17, 15) is 9.59 Å². The van der Waals surface area contributed by atoms with Crippen molar-refractivity contribution in [1.29, 1.82) is 0 Å². The Labute approximate surface area is 156 Å². The van der Waals surface area contributed by atoms with Crippen LogP contribution in [0.1, 0.15) is 24.8 Å². The van der Waals surface area contributed by atoms with Crippen LogP contribution in [0.4, 0.5) is 4.79 Å². The summed E-state index contributed by atoms with van der Waals surface area (Å²) in [6, 6.07) is 10.1. The largest absolute Gasteiger partial charge is 0.327 e. The van der Waals surface area contributed by atoms with Crippen molar-refractivity contribution in [2.75, 3.05) is 46.8 Å². The zero-order valence-corrected chi connectivity index (χ0v) is 15.9. The third-order valence-electron chi connectivity index (χ3n) is 5.51. The molecule has 0 aliphatic carbocycles. The Balaban J connectivity index is 1.75. The van der Waals surface area contributed by atoms with Crippen LogP contribution in [0, 0.1) is 0 Å². The Morgan fingerprint density at radius 1 is 1.08 bits per heavy atom. The van der Waals surface area contributed by atoms with Crippen LogP contribution in [0.3, 0.4) is 0 Å². The number of urea groups is 1. The molecule has 3 rings (SSSR count). The first-order valence-corrected chi connectivity index (χ1v) is 9.57. The van der Waals surface area contributed by atoms with Crippen molar-refractivity contribution < 1.29 is 9.59 Å². The molecule has 2 aliphatic rings. The molecule has 3 amide bonds. The van der Waals surface area contributed by atoms with Crippen molar-refractivity contribution in [3.05, 3.63) is 35.9 Å². The van der Waals surface area contributed by atoms with Gasteiger partial charge < -0.3 is 15.1 Å². The van der Waals surface area contributed by atoms with Gasteiger partial charge in [0.2, 0.25) is 0 Å². The van der Waals surface area contributed by atoms with E-state index in [4.69, 9.17) is 0 Å². The second-order valence-electron chi connectivity index (χ2n) is 7.57. The van der Waals surface area contributed by atoms with Gasteiger partial charge in [0.15, 0.2) is 0 Å². The van der Waals surface area contributed by atoms with Crippen LogP contribution in [0.2, 0.25) is 0 Å². The molecule has 0 radical (unpaired) electrons. The van der Waals surface area contributed by atoms with Crippen LogP contribution in [0.25, 0.3) is 0 Å². The SMILES string of the molecule is CN(C)CCCN1C(=O)N(CCc2ccccc2)C2(CCNCC2)C1=O. The highest BCUT2D eigenvalue weighted by atomic mass is 16.2. The quantitative estimate of drug-likeness (QED) is 0.752. The third kappa shape index (κ3) is 3.76. The summed E-state index contributed by atoms with van der Waals surface area (Å²) in [6.07, 6.45) is 3.00. The van der Waals surface area contributed by atoms with E-state index in [0.29, 0.717) is 25.9 Å². The molecule has 0 aromatic heterocycles. The lowest BCUT2D eigenvalue weighted by molar-refractivity contribution is -0.134. The summed E-state index contributed by atoms with van der Waals surface area (Å²) >= 11 is 0. The number of amides is 3. The van der Waals surface area contributed by atoms with Crippen LogP contribution in [0.15, 0.2) is 30.3 Å². The summed E-state index contributed by atoms with van der Waals surface area (Å²) in [6.45, 7) is 3.54. The van der Waals surface area contributed by atoms with Crippen LogP contribution < -0.4 is 5.32 Å². The lowest BCUT2D eigenvalue weighted by Gasteiger charge is -2.38. The maximum absolute atomic E-state index is 13.2. The van der Waals surface area contributed by atoms with E-state index in [1.165, 1.54) is 10.5 Å². The van der Waals surface area contributed by atoms with E-state index in [2.05, 4.69) is 22.3 Å². The highest BCUT2D eigenvalue weighted by molar-refractivity contribution is 6.07. The zero-order valence-electron chi connectivity index (χ0n) is 15.9. The summed E-state index contributed by atoms with van der Waals surface area (Å²) < 4.78 is 0. The maximum Gasteiger partial charge on any atom is 0.327 e. The first-order chi connectivity index (χ1) is 12.5. The number of nitrogens with one attached hydrogen (secondary N) is 1. The molecular formula is C20H30N4O2. The van der Waals surface area contributed by atoms with Gasteiger partial charge in [-0.25, -0.2) is 4.79 Å². The Morgan fingerprint density at radius 2 is 1.77 bits per heavy atom. The van der Waals surface area contributed by atoms with Gasteiger partial charge in [0.1, 0.15) is 5.54 Å². The highest BCUT2D eigenvalue weighted by Gasteiger charge is 2.56. The number of carbonyl (C=O) groups excluding carboxylic acids is 2. The molecule has 0 unspecified atom stereocenters. The lowest BCUT2D eigenvalue weighted by Crippen LogP contribution is -2.56. The molecule has 2 saturated heterocycles. The molecule has 1 aromatic rings. The van der Waals surface area contributed by atoms with Crippen molar-refractivity contribution in [1.82, 2.24) is 20.0 Å². The number of piperidine rings is 1. The van der Waals surface area contributed by atoms with E-state index in [1.807, 2.05) is 37.2 Å². The maximum atomic E-state index is 13.2. The van der Waals surface area contributed by atoms with Crippen molar-refractivity contribution in [3.8, 4) is 0 Å². The summed E-state index contributed by atoms with van der Waals surface area (Å²) in [4.78, 5) is 31.7. The Morgan fingerprint density at radius 3 is 2.42 bits per heavy atom. The average molecular weight is 358 g/mol. The fraction of sp³-hybridized carbons (Fsp3) is 0.600. The molecule has 1 aromatic carbocycles. The predicted molar refractivity (Wildman–Crippen MR) is 102 cm³/mol. The molecule has 0 bridgehead atoms. The normalized spacial score (nSPS) is 19.8. The molecule has 2 aliphatic heterocycles. The van der Waals surface area contributed by atoms with Gasteiger partial charge in [-0.05, 0) is 65.0 Å². The number of hydrogen-bond donors (Lipinski definition) is 1. The summed E-state index contributed by atoms with van der Waals surface area (Å²) in [5.74, 6) is 0.0100. The van der Waals surface area contributed by atoms with Gasteiger partial charge in [-0.1, -0.05) is 30.3 Å². The van der Waals surface area contributed by atoms with E-state index in [-0.39, 0.29) is 11.9 Å². The topological polar surface area (TPSA) is 55.9 Å². The van der Waals surface area contributed by atoms with Crippen molar-refractivity contribution in [3.63, 3.8) is 0 Å². The Hall–Kier alpha value is -1.92. The standard InChI is InChI=1S/C20H30N4O2/c1-22(2)14-6-15-23-18(25)20(10-12-21-13-11-20)24(19(23)26)16-9-17-7-4-3-5-8-17/h3-5,7-8,21H,6,9-16H2,1-2H3. The number of imide groups is 1. The number of benzene rings is 1. The van der Waals surface area contributed by atoms with Gasteiger partial charge in [-0.2, -0.15) is 0 Å². The molecule has 0 atom stereocenters. The fourth-order valence-corrected chi connectivity index (χ4v) is 4.04. The van der Waals surface area contributed by atoms with E-state index in [1.54, 1.807) is 0 Å². The van der Waals surface area contributed by atoms with Crippen LogP contribution in [0.5, 0.6) is 0 Å². The molecule has 0 saturated carbocycles. The predicted octanol–water partition coefficient (Wildman–Crippen LogP) is 1.57. The molecule has 6 heteroatoms. The van der Waals surface area contributed by atoms with Gasteiger partial charge >= 0.3 is 6.03 Å². The molecule has 6 nitrogen and oxygen atoms in total. The van der Waals surface area contributed by atoms with Crippen molar-refractivity contribution in [2.45, 2.75) is 31.2 Å². The monoisotopic (exact) mass is 358 g/mol. The molecule has 1 spiro atoms. The highest BCUT2D eigenvalue weighted by Crippen LogP contribution is 2.35. The van der Waals surface area contributed by atoms with Crippen LogP contribution in [-0.4, -0.2) is 79.0 Å². The van der Waals surface area contributed by atoms with Crippen LogP contribution >= 0.6 is 0 Å². The van der Waals surface area contributed by atoms with Crippen molar-refractivity contribution >= 4 is 11.9 Å². The molecule has 26 heavy (non-hydrogen) atoms. The molecule has 2 fully saturated rings. The van der Waals surface area contributed by atoms with Gasteiger partial charge in [0.25, 0.3) is 5.91 Å². The van der Waals surface area contributed by atoms with E-state index < -0.39 is 5.54 Å². The molecular weight excluding hydrogens is 328 g/mol. The van der Waals surface area contributed by atoms with Crippen LogP contribution in [-0.2, 0) is 11.2 Å². The van der Waals surface area contributed by atoms with Crippen molar-refractivity contribution in [2.24, 2.45) is 0 Å². The van der Waals surface area contributed by atoms with Gasteiger partial charge in [-0.15, -0.1) is 0 Å². The second kappa shape index (κ2) is 8.18. The average Bonchev–Trinajstić information content (AvgIpc) is 2.83. The number of carbonyl (C=O) groups is 2. The minimum atomic E-state index is -0.644. The van der Waals surface area contributed by atoms with Gasteiger partial charge in [0.05, 0.1) is 0 Å². The summed E-state index contributed by atoms with van der Waals surface area (Å²) in [5.41, 5.74) is 0.554. The molecule has 1 N–H and O–H groups in total. The van der Waals surface area contributed by atoms with Gasteiger partial charge in [0, 0.05) is 13.1 Å². The van der Waals surface area contributed by atoms with E-state index in [0.717, 1.165) is 32.5 Å². The Bertz CT molecular complexity index is 626. The number of rotatable bonds is 7. The van der Waals surface area contributed by atoms with E-state index >= 15 is 0 Å². The zero-order chi connectivity index (χ0) is 18.6. The molecule has 142 valence electrons. The summed E-state index contributed by atoms with van der Waals surface area (Å²) in [5, 5.41) is 3.32. The first-order valence-electron chi connectivity index (χ1n) is 9.57. The minimum Gasteiger partial charge on any atom is -0.317 e. The smallest absolute Gasteiger partial charge is 0.317 e. The fourth-order valence-electron chi connectivity index (χ4n) is 4.04. The Kier molecular flexibility index (Phi) is 5.94. The summed E-state index contributed by atoms with van der Waals surface area (Å²) in [7, 11) is 4.02. The minimum absolute atomic E-state index is 0.0100.